The summed E-state index contributed by atoms with van der Waals surface area (Å²) in [5.41, 5.74) is 7.30. The molecule has 0 radical (unpaired) electrons. The first-order valence-corrected chi connectivity index (χ1v) is 7.65. The third-order valence-electron chi connectivity index (χ3n) is 3.25. The van der Waals surface area contributed by atoms with E-state index in [9.17, 15) is 5.11 Å². The largest absolute Gasteiger partial charge is 0.394 e. The smallest absolute Gasteiger partial charge is 0.106 e. The molecule has 0 spiro atoms. The van der Waals surface area contributed by atoms with E-state index in [1.54, 1.807) is 0 Å². The zero-order valence-corrected chi connectivity index (χ0v) is 14.0. The number of hydrogen-bond acceptors (Lipinski definition) is 4. The van der Waals surface area contributed by atoms with E-state index in [0.29, 0.717) is 11.5 Å². The summed E-state index contributed by atoms with van der Waals surface area (Å²) >= 11 is 8.61. The van der Waals surface area contributed by atoms with Crippen LogP contribution in [0.3, 0.4) is 0 Å². The van der Waals surface area contributed by atoms with Crippen LogP contribution in [0.25, 0.3) is 0 Å². The molecule has 1 aromatic carbocycles. The Morgan fingerprint density at radius 3 is 2.90 bits per heavy atom. The van der Waals surface area contributed by atoms with Crippen molar-refractivity contribution in [1.29, 1.82) is 0 Å². The number of nitrogens with two attached hydrogens (primary N) is 1. The highest BCUT2D eigenvalue weighted by atomic mass is 79.9. The van der Waals surface area contributed by atoms with Crippen LogP contribution in [0, 0.1) is 0 Å². The SMILES string of the molecule is CC1(C)CN(c2cc(Br)ccc2C(N)=S)CC(CO)O1. The van der Waals surface area contributed by atoms with Crippen LogP contribution in [0.2, 0.25) is 0 Å². The summed E-state index contributed by atoms with van der Waals surface area (Å²) in [6.45, 7) is 5.36. The summed E-state index contributed by atoms with van der Waals surface area (Å²) in [5.74, 6) is 0. The molecule has 0 aromatic heterocycles. The van der Waals surface area contributed by atoms with Crippen LogP contribution in [0.5, 0.6) is 0 Å². The molecule has 0 bridgehead atoms. The average molecular weight is 359 g/mol. The predicted octanol–water partition coefficient (Wildman–Crippen LogP) is 2.06. The zero-order chi connectivity index (χ0) is 14.9. The van der Waals surface area contributed by atoms with Crippen molar-refractivity contribution >= 4 is 38.8 Å². The van der Waals surface area contributed by atoms with E-state index < -0.39 is 0 Å². The molecule has 3 N–H and O–H groups in total. The van der Waals surface area contributed by atoms with Gasteiger partial charge in [-0.25, -0.2) is 0 Å². The van der Waals surface area contributed by atoms with Crippen molar-refractivity contribution in [3.63, 3.8) is 0 Å². The Morgan fingerprint density at radius 1 is 1.60 bits per heavy atom. The number of anilines is 1. The molecule has 1 saturated heterocycles. The van der Waals surface area contributed by atoms with Gasteiger partial charge in [0.05, 0.1) is 18.3 Å². The molecule has 1 atom stereocenters. The van der Waals surface area contributed by atoms with Crippen LogP contribution in [0.1, 0.15) is 19.4 Å². The van der Waals surface area contributed by atoms with Gasteiger partial charge in [-0.2, -0.15) is 0 Å². The third-order valence-corrected chi connectivity index (χ3v) is 3.96. The van der Waals surface area contributed by atoms with E-state index >= 15 is 0 Å². The maximum absolute atomic E-state index is 9.41. The molecule has 1 aromatic rings. The fourth-order valence-electron chi connectivity index (χ4n) is 2.55. The zero-order valence-electron chi connectivity index (χ0n) is 11.6. The van der Waals surface area contributed by atoms with Crippen LogP contribution in [-0.4, -0.2) is 41.5 Å². The number of rotatable bonds is 3. The Balaban J connectivity index is 2.39. The normalized spacial score (nSPS) is 21.8. The van der Waals surface area contributed by atoms with Gasteiger partial charge in [0.2, 0.25) is 0 Å². The Kier molecular flexibility index (Phi) is 4.69. The molecule has 1 heterocycles. The van der Waals surface area contributed by atoms with E-state index in [2.05, 4.69) is 20.8 Å². The predicted molar refractivity (Wildman–Crippen MR) is 88.3 cm³/mol. The van der Waals surface area contributed by atoms with E-state index in [-0.39, 0.29) is 18.3 Å². The van der Waals surface area contributed by atoms with Crippen LogP contribution in [0.4, 0.5) is 5.69 Å². The number of aliphatic hydroxyl groups is 1. The lowest BCUT2D eigenvalue weighted by Gasteiger charge is -2.44. The fraction of sp³-hybridized carbons (Fsp3) is 0.500. The number of nitrogens with zero attached hydrogens (tertiary/aromatic N) is 1. The quantitative estimate of drug-likeness (QED) is 0.810. The Labute approximate surface area is 133 Å². The molecule has 4 nitrogen and oxygen atoms in total. The van der Waals surface area contributed by atoms with Gasteiger partial charge >= 0.3 is 0 Å². The second-order valence-electron chi connectivity index (χ2n) is 5.59. The molecule has 20 heavy (non-hydrogen) atoms. The number of ether oxygens (including phenoxy) is 1. The molecule has 1 aliphatic heterocycles. The van der Waals surface area contributed by atoms with Gasteiger partial charge < -0.3 is 20.5 Å². The first-order valence-electron chi connectivity index (χ1n) is 6.45. The maximum Gasteiger partial charge on any atom is 0.106 e. The molecule has 0 saturated carbocycles. The van der Waals surface area contributed by atoms with Crippen molar-refractivity contribution in [2.75, 3.05) is 24.6 Å². The first-order chi connectivity index (χ1) is 9.32. The third kappa shape index (κ3) is 3.49. The highest BCUT2D eigenvalue weighted by molar-refractivity contribution is 9.10. The lowest BCUT2D eigenvalue weighted by Crippen LogP contribution is -2.54. The van der Waals surface area contributed by atoms with Gasteiger partial charge in [0, 0.05) is 28.8 Å². The summed E-state index contributed by atoms with van der Waals surface area (Å²) in [5, 5.41) is 9.41. The van der Waals surface area contributed by atoms with Crippen molar-refractivity contribution in [3.8, 4) is 0 Å². The van der Waals surface area contributed by atoms with E-state index in [1.165, 1.54) is 0 Å². The molecule has 0 aliphatic carbocycles. The number of halogens is 1. The average Bonchev–Trinajstić information content (AvgIpc) is 2.36. The van der Waals surface area contributed by atoms with Crippen LogP contribution in [0.15, 0.2) is 22.7 Å². The van der Waals surface area contributed by atoms with Crippen LogP contribution < -0.4 is 10.6 Å². The van der Waals surface area contributed by atoms with Gasteiger partial charge in [0.1, 0.15) is 4.99 Å². The van der Waals surface area contributed by atoms with Crippen LogP contribution >= 0.6 is 28.1 Å². The molecule has 110 valence electrons. The second kappa shape index (κ2) is 5.97. The van der Waals surface area contributed by atoms with Crippen molar-refractivity contribution in [3.05, 3.63) is 28.2 Å². The Morgan fingerprint density at radius 2 is 2.30 bits per heavy atom. The van der Waals surface area contributed by atoms with E-state index in [0.717, 1.165) is 22.3 Å². The van der Waals surface area contributed by atoms with Crippen molar-refractivity contribution in [1.82, 2.24) is 0 Å². The van der Waals surface area contributed by atoms with Gasteiger partial charge in [-0.3, -0.25) is 0 Å². The molecule has 1 aliphatic rings. The molecule has 1 fully saturated rings. The Bertz CT molecular complexity index is 522. The van der Waals surface area contributed by atoms with Gasteiger partial charge in [0.25, 0.3) is 0 Å². The minimum Gasteiger partial charge on any atom is -0.394 e. The maximum atomic E-state index is 9.41. The second-order valence-corrected chi connectivity index (χ2v) is 6.94. The Hall–Kier alpha value is -0.690. The number of morpholine rings is 1. The lowest BCUT2D eigenvalue weighted by molar-refractivity contribution is -0.101. The van der Waals surface area contributed by atoms with Gasteiger partial charge in [-0.1, -0.05) is 28.1 Å². The number of aliphatic hydroxyl groups excluding tert-OH is 1. The molecule has 1 unspecified atom stereocenters. The van der Waals surface area contributed by atoms with E-state index in [4.69, 9.17) is 22.7 Å². The standard InChI is InChI=1S/C14H19BrN2O2S/c1-14(2)8-17(6-10(7-18)19-14)12-5-9(15)3-4-11(12)13(16)20/h3-5,10,18H,6-8H2,1-2H3,(H2,16,20). The number of hydrogen-bond donors (Lipinski definition) is 2. The minimum absolute atomic E-state index is 0.00363. The molecule has 2 rings (SSSR count). The summed E-state index contributed by atoms with van der Waals surface area (Å²) in [7, 11) is 0. The van der Waals surface area contributed by atoms with Gasteiger partial charge in [0.15, 0.2) is 0 Å². The van der Waals surface area contributed by atoms with E-state index in [1.807, 2.05) is 32.0 Å². The first kappa shape index (κ1) is 15.7. The van der Waals surface area contributed by atoms with Crippen molar-refractivity contribution in [2.45, 2.75) is 25.6 Å². The monoisotopic (exact) mass is 358 g/mol. The summed E-state index contributed by atoms with van der Waals surface area (Å²) < 4.78 is 6.81. The fourth-order valence-corrected chi connectivity index (χ4v) is 3.07. The highest BCUT2D eigenvalue weighted by Crippen LogP contribution is 2.30. The minimum atomic E-state index is -0.332. The number of benzene rings is 1. The molecular formula is C14H19BrN2O2S. The molecule has 6 heteroatoms. The summed E-state index contributed by atoms with van der Waals surface area (Å²) in [6.07, 6.45) is -0.211. The van der Waals surface area contributed by atoms with Gasteiger partial charge in [-0.05, 0) is 32.0 Å². The van der Waals surface area contributed by atoms with Gasteiger partial charge in [-0.15, -0.1) is 0 Å². The highest BCUT2D eigenvalue weighted by Gasteiger charge is 2.34. The number of thiocarbonyl (C=S) groups is 1. The topological polar surface area (TPSA) is 58.7 Å². The lowest BCUT2D eigenvalue weighted by atomic mass is 10.0. The molecular weight excluding hydrogens is 340 g/mol. The van der Waals surface area contributed by atoms with Crippen LogP contribution in [-0.2, 0) is 4.74 Å². The molecule has 0 amide bonds. The van der Waals surface area contributed by atoms with Crippen molar-refractivity contribution < 1.29 is 9.84 Å². The summed E-state index contributed by atoms with van der Waals surface area (Å²) in [4.78, 5) is 2.54. The summed E-state index contributed by atoms with van der Waals surface area (Å²) in [6, 6.07) is 5.84. The van der Waals surface area contributed by atoms with Crippen molar-refractivity contribution in [2.24, 2.45) is 5.73 Å².